The van der Waals surface area contributed by atoms with Gasteiger partial charge in [0.25, 0.3) is 0 Å². The molecule has 3 rings (SSSR count). The number of methoxy groups -OCH3 is 1. The topological polar surface area (TPSA) is 44.2 Å². The smallest absolute Gasteiger partial charge is 0.167 e. The number of benzene rings is 1. The van der Waals surface area contributed by atoms with E-state index in [4.69, 9.17) is 9.47 Å². The van der Waals surface area contributed by atoms with Gasteiger partial charge in [0.05, 0.1) is 18.7 Å². The van der Waals surface area contributed by atoms with Gasteiger partial charge in [-0.25, -0.2) is 14.4 Å². The molecule has 20 heavy (non-hydrogen) atoms. The number of ether oxygens (including phenoxy) is 2. The van der Waals surface area contributed by atoms with Gasteiger partial charge in [-0.05, 0) is 18.9 Å². The molecule has 0 saturated carbocycles. The molecular formula is C14H15FN2O2S. The summed E-state index contributed by atoms with van der Waals surface area (Å²) in [5.41, 5.74) is 0.591. The lowest BCUT2D eigenvalue weighted by Crippen LogP contribution is -2.08. The maximum absolute atomic E-state index is 13.7. The number of fused-ring (bicyclic) bond motifs is 1. The summed E-state index contributed by atoms with van der Waals surface area (Å²) in [4.78, 5) is 8.40. The third kappa shape index (κ3) is 2.71. The number of hydrogen-bond acceptors (Lipinski definition) is 5. The highest BCUT2D eigenvalue weighted by Crippen LogP contribution is 2.31. The summed E-state index contributed by atoms with van der Waals surface area (Å²) < 4.78 is 24.3. The zero-order valence-corrected chi connectivity index (χ0v) is 12.0. The van der Waals surface area contributed by atoms with Crippen molar-refractivity contribution in [2.45, 2.75) is 24.0 Å². The molecule has 1 aromatic carbocycles. The molecule has 2 aromatic rings. The molecule has 4 nitrogen and oxygen atoms in total. The second-order valence-corrected chi connectivity index (χ2v) is 5.64. The maximum Gasteiger partial charge on any atom is 0.167 e. The van der Waals surface area contributed by atoms with E-state index in [0.717, 1.165) is 35.6 Å². The molecule has 2 heterocycles. The van der Waals surface area contributed by atoms with Crippen molar-refractivity contribution in [2.75, 3.05) is 19.5 Å². The standard InChI is InChI=1S/C14H15FN2O2S/c1-18-13-5-10-12(6-11(13)15)16-8-17-14(10)20-7-9-3-2-4-19-9/h5-6,8-9H,2-4,7H2,1H3. The van der Waals surface area contributed by atoms with Crippen molar-refractivity contribution in [1.82, 2.24) is 9.97 Å². The zero-order chi connectivity index (χ0) is 13.9. The van der Waals surface area contributed by atoms with Gasteiger partial charge in [-0.3, -0.25) is 0 Å². The Labute approximate surface area is 120 Å². The van der Waals surface area contributed by atoms with E-state index in [1.165, 1.54) is 19.5 Å². The van der Waals surface area contributed by atoms with Gasteiger partial charge in [-0.1, -0.05) is 0 Å². The molecule has 106 valence electrons. The predicted molar refractivity (Wildman–Crippen MR) is 75.7 cm³/mol. The number of halogens is 1. The molecular weight excluding hydrogens is 279 g/mol. The number of nitrogens with zero attached hydrogens (tertiary/aromatic N) is 2. The summed E-state index contributed by atoms with van der Waals surface area (Å²) in [6, 6.07) is 3.04. The van der Waals surface area contributed by atoms with E-state index in [2.05, 4.69) is 9.97 Å². The van der Waals surface area contributed by atoms with Gasteiger partial charge < -0.3 is 9.47 Å². The highest BCUT2D eigenvalue weighted by atomic mass is 32.2. The van der Waals surface area contributed by atoms with E-state index in [0.29, 0.717) is 5.52 Å². The van der Waals surface area contributed by atoms with Crippen LogP contribution in [-0.4, -0.2) is 35.5 Å². The molecule has 1 aliphatic heterocycles. The number of thioether (sulfide) groups is 1. The van der Waals surface area contributed by atoms with Crippen molar-refractivity contribution in [2.24, 2.45) is 0 Å². The van der Waals surface area contributed by atoms with E-state index >= 15 is 0 Å². The number of aromatic nitrogens is 2. The molecule has 1 fully saturated rings. The minimum absolute atomic E-state index is 0.214. The normalized spacial score (nSPS) is 18.6. The van der Waals surface area contributed by atoms with Crippen LogP contribution in [0.25, 0.3) is 10.9 Å². The Morgan fingerprint density at radius 1 is 1.45 bits per heavy atom. The fourth-order valence-corrected chi connectivity index (χ4v) is 3.30. The first-order valence-electron chi connectivity index (χ1n) is 6.50. The van der Waals surface area contributed by atoms with Gasteiger partial charge in [-0.2, -0.15) is 0 Å². The lowest BCUT2D eigenvalue weighted by Gasteiger charge is -2.10. The van der Waals surface area contributed by atoms with Crippen LogP contribution in [-0.2, 0) is 4.74 Å². The quantitative estimate of drug-likeness (QED) is 0.640. The molecule has 0 bridgehead atoms. The van der Waals surface area contributed by atoms with Crippen LogP contribution in [0.1, 0.15) is 12.8 Å². The molecule has 0 aliphatic carbocycles. The molecule has 1 saturated heterocycles. The Morgan fingerprint density at radius 2 is 2.35 bits per heavy atom. The third-order valence-electron chi connectivity index (χ3n) is 3.30. The summed E-state index contributed by atoms with van der Waals surface area (Å²) in [5.74, 6) is 0.659. The van der Waals surface area contributed by atoms with Gasteiger partial charge >= 0.3 is 0 Å². The summed E-state index contributed by atoms with van der Waals surface area (Å²) in [5, 5.41) is 1.65. The molecule has 0 radical (unpaired) electrons. The van der Waals surface area contributed by atoms with E-state index in [-0.39, 0.29) is 11.9 Å². The Kier molecular flexibility index (Phi) is 4.03. The Bertz CT molecular complexity index is 617. The fourth-order valence-electron chi connectivity index (χ4n) is 2.25. The van der Waals surface area contributed by atoms with Crippen LogP contribution in [0.15, 0.2) is 23.5 Å². The van der Waals surface area contributed by atoms with Crippen LogP contribution < -0.4 is 4.74 Å². The van der Waals surface area contributed by atoms with Gasteiger partial charge in [0.15, 0.2) is 11.6 Å². The first-order valence-corrected chi connectivity index (χ1v) is 7.49. The monoisotopic (exact) mass is 294 g/mol. The van der Waals surface area contributed by atoms with Gasteiger partial charge in [0.2, 0.25) is 0 Å². The van der Waals surface area contributed by atoms with Gasteiger partial charge in [0.1, 0.15) is 11.4 Å². The Hall–Kier alpha value is -1.40. The van der Waals surface area contributed by atoms with Crippen LogP contribution in [0.4, 0.5) is 4.39 Å². The number of rotatable bonds is 4. The molecule has 1 unspecified atom stereocenters. The van der Waals surface area contributed by atoms with E-state index in [1.807, 2.05) is 0 Å². The molecule has 6 heteroatoms. The first-order chi connectivity index (χ1) is 9.78. The molecule has 1 aromatic heterocycles. The van der Waals surface area contributed by atoms with Crippen molar-refractivity contribution < 1.29 is 13.9 Å². The molecule has 0 amide bonds. The largest absolute Gasteiger partial charge is 0.494 e. The first kappa shape index (κ1) is 13.6. The molecule has 1 atom stereocenters. The van der Waals surface area contributed by atoms with Gasteiger partial charge in [-0.15, -0.1) is 11.8 Å². The van der Waals surface area contributed by atoms with Crippen molar-refractivity contribution in [3.8, 4) is 5.75 Å². The van der Waals surface area contributed by atoms with Crippen LogP contribution in [0.3, 0.4) is 0 Å². The highest BCUT2D eigenvalue weighted by molar-refractivity contribution is 7.99. The Balaban J connectivity index is 1.89. The average Bonchev–Trinajstić information content (AvgIpc) is 2.97. The number of hydrogen-bond donors (Lipinski definition) is 0. The van der Waals surface area contributed by atoms with E-state index < -0.39 is 5.82 Å². The molecule has 0 spiro atoms. The predicted octanol–water partition coefficient (Wildman–Crippen LogP) is 3.05. The Morgan fingerprint density at radius 3 is 3.10 bits per heavy atom. The van der Waals surface area contributed by atoms with Gasteiger partial charge in [0, 0.05) is 23.8 Å². The molecule has 0 N–H and O–H groups in total. The minimum atomic E-state index is -0.409. The average molecular weight is 294 g/mol. The van der Waals surface area contributed by atoms with Crippen LogP contribution in [0, 0.1) is 5.82 Å². The SMILES string of the molecule is COc1cc2c(SCC3CCCO3)ncnc2cc1F. The third-order valence-corrected chi connectivity index (χ3v) is 4.44. The van der Waals surface area contributed by atoms with Crippen molar-refractivity contribution >= 4 is 22.7 Å². The molecule has 1 aliphatic rings. The van der Waals surface area contributed by atoms with Crippen molar-refractivity contribution in [3.63, 3.8) is 0 Å². The van der Waals surface area contributed by atoms with Crippen LogP contribution in [0.5, 0.6) is 5.75 Å². The zero-order valence-electron chi connectivity index (χ0n) is 11.1. The fraction of sp³-hybridized carbons (Fsp3) is 0.429. The summed E-state index contributed by atoms with van der Waals surface area (Å²) in [7, 11) is 1.45. The lowest BCUT2D eigenvalue weighted by molar-refractivity contribution is 0.129. The lowest BCUT2D eigenvalue weighted by atomic mass is 10.2. The summed E-state index contributed by atoms with van der Waals surface area (Å²) >= 11 is 1.62. The van der Waals surface area contributed by atoms with Crippen molar-refractivity contribution in [1.29, 1.82) is 0 Å². The van der Waals surface area contributed by atoms with E-state index in [9.17, 15) is 4.39 Å². The highest BCUT2D eigenvalue weighted by Gasteiger charge is 2.17. The summed E-state index contributed by atoms with van der Waals surface area (Å²) in [6.07, 6.45) is 3.96. The summed E-state index contributed by atoms with van der Waals surface area (Å²) in [6.45, 7) is 0.842. The van der Waals surface area contributed by atoms with E-state index in [1.54, 1.807) is 17.8 Å². The minimum Gasteiger partial charge on any atom is -0.494 e. The maximum atomic E-state index is 13.7. The second kappa shape index (κ2) is 5.93. The van der Waals surface area contributed by atoms with Crippen LogP contribution >= 0.6 is 11.8 Å². The van der Waals surface area contributed by atoms with Crippen LogP contribution in [0.2, 0.25) is 0 Å². The van der Waals surface area contributed by atoms with Crippen molar-refractivity contribution in [3.05, 3.63) is 24.3 Å². The second-order valence-electron chi connectivity index (χ2n) is 4.63.